The number of unbranched alkanes of at least 4 members (excludes halogenated alkanes) is 2. The summed E-state index contributed by atoms with van der Waals surface area (Å²) < 4.78 is 5.23. The van der Waals surface area contributed by atoms with Gasteiger partial charge in [0, 0.05) is 0 Å². The van der Waals surface area contributed by atoms with Crippen LogP contribution in [0.25, 0.3) is 0 Å². The van der Waals surface area contributed by atoms with Crippen molar-refractivity contribution in [3.63, 3.8) is 0 Å². The summed E-state index contributed by atoms with van der Waals surface area (Å²) in [5.41, 5.74) is 4.51. The van der Waals surface area contributed by atoms with Gasteiger partial charge in [-0.3, -0.25) is 0 Å². The molecule has 133 valence electrons. The fourth-order valence-electron chi connectivity index (χ4n) is 3.07. The number of rotatable bonds is 7. The molecule has 0 bridgehead atoms. The van der Waals surface area contributed by atoms with E-state index in [9.17, 15) is 4.79 Å². The summed E-state index contributed by atoms with van der Waals surface area (Å²) in [7, 11) is 0. The van der Waals surface area contributed by atoms with Gasteiger partial charge in [0.2, 0.25) is 0 Å². The molecule has 1 atom stereocenters. The third kappa shape index (κ3) is 6.80. The summed E-state index contributed by atoms with van der Waals surface area (Å²) >= 11 is -1.95. The van der Waals surface area contributed by atoms with E-state index < -0.39 is 27.1 Å². The average Bonchev–Trinajstić information content (AvgIpc) is 2.61. The van der Waals surface area contributed by atoms with E-state index in [1.54, 1.807) is 3.28 Å². The molecule has 0 aromatic carbocycles. The van der Waals surface area contributed by atoms with Gasteiger partial charge in [0.25, 0.3) is 0 Å². The van der Waals surface area contributed by atoms with Crippen molar-refractivity contribution in [1.82, 2.24) is 3.26 Å². The van der Waals surface area contributed by atoms with Crippen LogP contribution in [0.4, 0.5) is 0 Å². The van der Waals surface area contributed by atoms with Gasteiger partial charge in [-0.2, -0.15) is 0 Å². The second-order valence-electron chi connectivity index (χ2n) is 6.64. The van der Waals surface area contributed by atoms with Crippen molar-refractivity contribution in [2.45, 2.75) is 73.4 Å². The summed E-state index contributed by atoms with van der Waals surface area (Å²) in [5.74, 6) is 0.115. The molecule has 0 heterocycles. The van der Waals surface area contributed by atoms with Gasteiger partial charge < -0.3 is 24.8 Å². The largest absolute Gasteiger partial charge is 1.00 e. The number of nitrogens with one attached hydrogen (secondary N) is 1. The molecule has 0 radical (unpaired) electrons. The van der Waals surface area contributed by atoms with Crippen molar-refractivity contribution in [3.05, 3.63) is 20.0 Å². The zero-order valence-electron chi connectivity index (χ0n) is 15.6. The molecule has 1 aliphatic rings. The van der Waals surface area contributed by atoms with E-state index in [0.717, 1.165) is 12.8 Å². The summed E-state index contributed by atoms with van der Waals surface area (Å²) in [4.78, 5) is 12.3. The Labute approximate surface area is 164 Å². The van der Waals surface area contributed by atoms with Crippen molar-refractivity contribution in [3.8, 4) is 0 Å². The van der Waals surface area contributed by atoms with Crippen LogP contribution in [0, 0.1) is 5.92 Å². The maximum atomic E-state index is 12.3. The first-order valence-corrected chi connectivity index (χ1v) is 18.0. The quantitative estimate of drug-likeness (QED) is 0.366. The van der Waals surface area contributed by atoms with Gasteiger partial charge in [-0.15, -0.1) is 0 Å². The predicted octanol–water partition coefficient (Wildman–Crippen LogP) is -1.53. The van der Waals surface area contributed by atoms with Crippen LogP contribution < -0.4 is 28.1 Å². The third-order valence-corrected chi connectivity index (χ3v) is 21.9. The second-order valence-corrected chi connectivity index (χ2v) is 24.9. The van der Waals surface area contributed by atoms with Crippen LogP contribution in [0.15, 0.2) is 20.0 Å². The molecule has 0 fully saturated rings. The number of allylic oxidation sites excluding steroid dienone is 4. The molecule has 1 N–H and O–H groups in total. The summed E-state index contributed by atoms with van der Waals surface area (Å²) in [6.45, 7) is 16.2. The van der Waals surface area contributed by atoms with Crippen molar-refractivity contribution in [2.24, 2.45) is 5.92 Å². The van der Waals surface area contributed by atoms with E-state index in [1.165, 1.54) is 29.6 Å². The molecule has 0 spiro atoms. The van der Waals surface area contributed by atoms with Crippen LogP contribution in [0.2, 0.25) is 13.1 Å². The van der Waals surface area contributed by atoms with Gasteiger partial charge >= 0.3 is 140 Å². The van der Waals surface area contributed by atoms with Gasteiger partial charge in [-0.05, 0) is 0 Å². The van der Waals surface area contributed by atoms with E-state index in [2.05, 4.69) is 51.0 Å². The zero-order chi connectivity index (χ0) is 16.2. The maximum Gasteiger partial charge on any atom is -1.00 e. The number of hydrogen-bond donors (Lipinski definition) is 1. The van der Waals surface area contributed by atoms with Crippen molar-refractivity contribution < 1.29 is 50.8 Å². The van der Waals surface area contributed by atoms with Crippen LogP contribution in [0.5, 0.6) is 0 Å². The van der Waals surface area contributed by atoms with E-state index in [-0.39, 0.29) is 24.8 Å². The summed E-state index contributed by atoms with van der Waals surface area (Å²) in [5, 5.41) is 0. The number of amides is 1. The second kappa shape index (κ2) is 12.1. The number of hydrogen-bond acceptors (Lipinski definition) is 1. The smallest absolute Gasteiger partial charge is 1.00 e. The fraction of sp³-hybridized carbons (Fsp3) is 0.706. The van der Waals surface area contributed by atoms with Gasteiger partial charge in [-0.1, -0.05) is 0 Å². The summed E-state index contributed by atoms with van der Waals surface area (Å²) in [6, 6.07) is 0. The molecular weight excluding hydrogens is 424 g/mol. The van der Waals surface area contributed by atoms with E-state index in [1.807, 2.05) is 0 Å². The van der Waals surface area contributed by atoms with Crippen molar-refractivity contribution in [2.75, 3.05) is 0 Å². The first-order valence-electron chi connectivity index (χ1n) is 8.36. The number of halogens is 2. The Morgan fingerprint density at radius 1 is 1.13 bits per heavy atom. The fourth-order valence-corrected chi connectivity index (χ4v) is 18.9. The van der Waals surface area contributed by atoms with Gasteiger partial charge in [-0.25, -0.2) is 0 Å². The molecule has 2 nitrogen and oxygen atoms in total. The Kier molecular flexibility index (Phi) is 13.6. The molecule has 0 aliphatic heterocycles. The minimum absolute atomic E-state index is 0. The van der Waals surface area contributed by atoms with E-state index in [0.29, 0.717) is 11.8 Å². The molecule has 0 aromatic rings. The van der Waals surface area contributed by atoms with Crippen LogP contribution in [0.3, 0.4) is 0 Å². The topological polar surface area (TPSA) is 29.1 Å². The Morgan fingerprint density at radius 3 is 2.09 bits per heavy atom. The third-order valence-electron chi connectivity index (χ3n) is 4.79. The predicted molar refractivity (Wildman–Crippen MR) is 91.4 cm³/mol. The van der Waals surface area contributed by atoms with Gasteiger partial charge in [0.15, 0.2) is 0 Å². The van der Waals surface area contributed by atoms with Gasteiger partial charge in [0.05, 0.1) is 0 Å². The monoisotopic (exact) mass is 454 g/mol. The Bertz CT molecular complexity index is 464. The Balaban J connectivity index is 0. The van der Waals surface area contributed by atoms with Crippen LogP contribution >= 0.6 is 0 Å². The first-order chi connectivity index (χ1) is 9.81. The molecule has 0 saturated heterocycles. The van der Waals surface area contributed by atoms with Crippen LogP contribution in [-0.4, -0.2) is 11.8 Å². The SMILES string of the molecule is CCCCCC(=O)[NH][Zr+2]([C]1=C(C)C(C)=C(C)C1C)[SiH](C)C.[Cl-].[Cl-]. The number of carbonyl (C=O) groups excluding carboxylic acids is 1. The molecule has 1 amide bonds. The molecule has 0 saturated carbocycles. The molecule has 1 aliphatic carbocycles. The molecule has 1 unspecified atom stereocenters. The Hall–Kier alpha value is 0.630. The summed E-state index contributed by atoms with van der Waals surface area (Å²) in [6.07, 6.45) is 4.12. The standard InChI is InChI=1S/C9H13.C6H13NO.C2H7Si.2ClH.Zr/c1-6-5-7(2)9(4)8(6)3;1-2-3-4-5-6(7)8;1-3-2;;;/h6H,1-4H3;2-5H2,1H3,(H2,7,8);3H,1-2H3;2*1H;/q;;;;;+3/p-3. The molecule has 23 heavy (non-hydrogen) atoms. The van der Waals surface area contributed by atoms with Crippen molar-refractivity contribution >= 4 is 11.8 Å². The van der Waals surface area contributed by atoms with E-state index in [4.69, 9.17) is 0 Å². The number of carbonyl (C=O) groups is 1. The normalized spacial score (nSPS) is 17.1. The first kappa shape index (κ1) is 25.9. The minimum Gasteiger partial charge on any atom is -1.00 e. The van der Waals surface area contributed by atoms with Crippen molar-refractivity contribution in [1.29, 1.82) is 0 Å². The van der Waals surface area contributed by atoms with Crippen LogP contribution in [-0.2, 0) is 26.0 Å². The molecule has 6 heteroatoms. The van der Waals surface area contributed by atoms with Crippen LogP contribution in [0.1, 0.15) is 60.3 Å². The zero-order valence-corrected chi connectivity index (χ0v) is 20.8. The molecule has 1 rings (SSSR count). The van der Waals surface area contributed by atoms with Gasteiger partial charge in [0.1, 0.15) is 0 Å². The minimum atomic E-state index is -1.95. The molecular formula is C17H32Cl2NOSiZr. The Morgan fingerprint density at radius 2 is 1.70 bits per heavy atom. The average molecular weight is 457 g/mol. The van der Waals surface area contributed by atoms with E-state index >= 15 is 0 Å². The maximum absolute atomic E-state index is 12.3. The molecule has 0 aromatic heterocycles.